The summed E-state index contributed by atoms with van der Waals surface area (Å²) in [6.07, 6.45) is 1.15. The molecule has 0 saturated heterocycles. The van der Waals surface area contributed by atoms with Crippen LogP contribution < -0.4 is 9.47 Å². The molecule has 0 bridgehead atoms. The highest BCUT2D eigenvalue weighted by Crippen LogP contribution is 2.42. The van der Waals surface area contributed by atoms with E-state index in [2.05, 4.69) is 48.2 Å². The molecule has 2 aromatic carbocycles. The van der Waals surface area contributed by atoms with Crippen LogP contribution in [-0.4, -0.2) is 45.4 Å². The molecule has 234 valence electrons. The lowest BCUT2D eigenvalue weighted by molar-refractivity contribution is -0.123. The van der Waals surface area contributed by atoms with Crippen LogP contribution in [0.2, 0.25) is 0 Å². The molecule has 0 spiro atoms. The van der Waals surface area contributed by atoms with Crippen LogP contribution in [0.5, 0.6) is 23.3 Å². The number of hydrogen-bond acceptors (Lipinski definition) is 8. The van der Waals surface area contributed by atoms with Gasteiger partial charge in [-0.3, -0.25) is 9.59 Å². The van der Waals surface area contributed by atoms with Gasteiger partial charge in [0.15, 0.2) is 11.4 Å². The monoisotopic (exact) mass is 604 g/mol. The minimum Gasteiger partial charge on any atom is -0.497 e. The molecule has 4 rings (SSSR count). The van der Waals surface area contributed by atoms with Gasteiger partial charge in [-0.2, -0.15) is 0 Å². The van der Waals surface area contributed by atoms with Crippen molar-refractivity contribution in [3.05, 3.63) is 36.4 Å². The maximum absolute atomic E-state index is 12.6. The second-order valence-electron chi connectivity index (χ2n) is 11.5. The molecule has 0 fully saturated rings. The van der Waals surface area contributed by atoms with E-state index in [0.29, 0.717) is 47.2 Å². The summed E-state index contributed by atoms with van der Waals surface area (Å²) < 4.78 is 14.1. The van der Waals surface area contributed by atoms with E-state index in [1.54, 1.807) is 47.6 Å². The third-order valence-electron chi connectivity index (χ3n) is 7.37. The predicted octanol–water partition coefficient (Wildman–Crippen LogP) is 7.82. The first-order valence-electron chi connectivity index (χ1n) is 14.7. The lowest BCUT2D eigenvalue weighted by Crippen LogP contribution is -2.00. The number of benzene rings is 2. The first-order valence-corrected chi connectivity index (χ1v) is 14.7. The van der Waals surface area contributed by atoms with Crippen LogP contribution in [-0.2, 0) is 22.7 Å². The number of rotatable bonds is 13. The van der Waals surface area contributed by atoms with Gasteiger partial charge >= 0.3 is 0 Å². The lowest BCUT2D eigenvalue weighted by Gasteiger charge is -2.09. The number of carbonyl (C=O) groups is 2. The van der Waals surface area contributed by atoms with E-state index < -0.39 is 11.8 Å². The Morgan fingerprint density at radius 2 is 1.09 bits per heavy atom. The molecule has 0 atom stereocenters. The number of aryl methyl sites for hydroxylation is 2. The molecule has 0 unspecified atom stereocenters. The number of ether oxygens (including phenoxy) is 2. The van der Waals surface area contributed by atoms with Crippen LogP contribution in [0.3, 0.4) is 0 Å². The van der Waals surface area contributed by atoms with E-state index in [9.17, 15) is 19.8 Å². The number of nitrogens with zero attached hydrogens (tertiary/aromatic N) is 6. The van der Waals surface area contributed by atoms with Crippen molar-refractivity contribution in [3.63, 3.8) is 0 Å². The fraction of sp³-hybridized carbons (Fsp3) is 0.438. The SMILES string of the molecule is COc1ccc2c(c1)c(N=NC(=O)CCC(=O)N=Nc1c(O)n(CCC(C)C)c3ccc(OC)cc13)c(O)n2CCC(C)C. The van der Waals surface area contributed by atoms with E-state index in [4.69, 9.17) is 9.47 Å². The van der Waals surface area contributed by atoms with Gasteiger partial charge in [-0.1, -0.05) is 27.7 Å². The molecule has 44 heavy (non-hydrogen) atoms. The number of hydrogen-bond donors (Lipinski definition) is 2. The van der Waals surface area contributed by atoms with Crippen molar-refractivity contribution < 1.29 is 29.3 Å². The van der Waals surface area contributed by atoms with Crippen molar-refractivity contribution in [2.75, 3.05) is 14.2 Å². The van der Waals surface area contributed by atoms with Crippen LogP contribution in [0.4, 0.5) is 11.4 Å². The first kappa shape index (κ1) is 32.2. The second-order valence-corrected chi connectivity index (χ2v) is 11.5. The molecule has 0 aliphatic rings. The number of amides is 2. The van der Waals surface area contributed by atoms with Crippen LogP contribution in [0.1, 0.15) is 53.4 Å². The summed E-state index contributed by atoms with van der Waals surface area (Å²) in [6.45, 7) is 9.51. The Bertz CT molecular complexity index is 1590. The molecule has 2 aromatic heterocycles. The Morgan fingerprint density at radius 1 is 0.705 bits per heavy atom. The zero-order chi connectivity index (χ0) is 32.0. The second kappa shape index (κ2) is 14.2. The van der Waals surface area contributed by atoms with Crippen LogP contribution in [0.25, 0.3) is 21.8 Å². The molecule has 2 amide bonds. The van der Waals surface area contributed by atoms with Crippen molar-refractivity contribution in [1.29, 1.82) is 0 Å². The molecule has 0 aliphatic heterocycles. The molecular formula is C32H40N6O6. The standard InChI is InChI=1S/C32H40N6O6/c1-19(2)13-15-37-25-9-7-21(43-5)17-23(25)29(31(37)41)35-33-27(39)11-12-28(40)34-36-30-24-18-22(44-6)8-10-26(24)38(32(30)42)16-14-20(3)4/h7-10,17-20,41-42H,11-16H2,1-6H3. The quantitative estimate of drug-likeness (QED) is 0.148. The molecule has 12 nitrogen and oxygen atoms in total. The highest BCUT2D eigenvalue weighted by Gasteiger charge is 2.20. The third kappa shape index (κ3) is 7.24. The summed E-state index contributed by atoms with van der Waals surface area (Å²) in [5.74, 6) is 0.477. The summed E-state index contributed by atoms with van der Waals surface area (Å²) in [5.41, 5.74) is 1.79. The van der Waals surface area contributed by atoms with Gasteiger partial charge in [0.25, 0.3) is 11.8 Å². The summed E-state index contributed by atoms with van der Waals surface area (Å²) >= 11 is 0. The first-order chi connectivity index (χ1) is 21.0. The van der Waals surface area contributed by atoms with Crippen molar-refractivity contribution in [2.45, 2.75) is 66.5 Å². The predicted molar refractivity (Wildman–Crippen MR) is 167 cm³/mol. The van der Waals surface area contributed by atoms with Gasteiger partial charge in [-0.05, 0) is 61.1 Å². The Kier molecular flexibility index (Phi) is 10.4. The number of carbonyl (C=O) groups excluding carboxylic acids is 2. The fourth-order valence-electron chi connectivity index (χ4n) is 4.81. The van der Waals surface area contributed by atoms with Crippen molar-refractivity contribution in [3.8, 4) is 23.3 Å². The number of methoxy groups -OCH3 is 2. The topological polar surface area (TPSA) is 152 Å². The van der Waals surface area contributed by atoms with E-state index >= 15 is 0 Å². The summed E-state index contributed by atoms with van der Waals surface area (Å²) in [5, 5.41) is 38.7. The van der Waals surface area contributed by atoms with Crippen molar-refractivity contribution in [1.82, 2.24) is 9.13 Å². The molecule has 0 saturated carbocycles. The van der Waals surface area contributed by atoms with Gasteiger partial charge in [0.1, 0.15) is 11.5 Å². The normalized spacial score (nSPS) is 12.1. The average molecular weight is 605 g/mol. The summed E-state index contributed by atoms with van der Waals surface area (Å²) in [7, 11) is 3.08. The van der Waals surface area contributed by atoms with E-state index in [0.717, 1.165) is 23.9 Å². The van der Waals surface area contributed by atoms with Crippen molar-refractivity contribution in [2.24, 2.45) is 32.3 Å². The summed E-state index contributed by atoms with van der Waals surface area (Å²) in [4.78, 5) is 25.1. The van der Waals surface area contributed by atoms with Crippen molar-refractivity contribution >= 4 is 45.0 Å². The van der Waals surface area contributed by atoms with E-state index in [1.807, 2.05) is 12.1 Å². The maximum atomic E-state index is 12.6. The largest absolute Gasteiger partial charge is 0.497 e. The highest BCUT2D eigenvalue weighted by molar-refractivity contribution is 5.97. The minimum atomic E-state index is -0.656. The molecule has 2 N–H and O–H groups in total. The lowest BCUT2D eigenvalue weighted by atomic mass is 10.1. The zero-order valence-electron chi connectivity index (χ0n) is 26.1. The fourth-order valence-corrected chi connectivity index (χ4v) is 4.81. The molecule has 0 radical (unpaired) electrons. The molecule has 12 heteroatoms. The Hall–Kier alpha value is -4.74. The van der Waals surface area contributed by atoms with Gasteiger partial charge in [-0.15, -0.1) is 20.5 Å². The van der Waals surface area contributed by atoms with Crippen LogP contribution >= 0.6 is 0 Å². The number of azo groups is 2. The summed E-state index contributed by atoms with van der Waals surface area (Å²) in [6, 6.07) is 10.7. The molecule has 0 aliphatic carbocycles. The Balaban J connectivity index is 1.49. The van der Waals surface area contributed by atoms with Gasteiger partial charge in [0.2, 0.25) is 11.8 Å². The van der Waals surface area contributed by atoms with Crippen LogP contribution in [0.15, 0.2) is 56.9 Å². The van der Waals surface area contributed by atoms with E-state index in [1.165, 1.54) is 0 Å². The number of fused-ring (bicyclic) bond motifs is 2. The van der Waals surface area contributed by atoms with Crippen LogP contribution in [0, 0.1) is 11.8 Å². The number of aromatic hydroxyl groups is 2. The zero-order valence-corrected chi connectivity index (χ0v) is 26.1. The van der Waals surface area contributed by atoms with Gasteiger partial charge < -0.3 is 28.8 Å². The molecule has 4 aromatic rings. The third-order valence-corrected chi connectivity index (χ3v) is 7.37. The Morgan fingerprint density at radius 3 is 1.43 bits per heavy atom. The Labute approximate surface area is 256 Å². The maximum Gasteiger partial charge on any atom is 0.265 e. The molecular weight excluding hydrogens is 564 g/mol. The molecule has 2 heterocycles. The minimum absolute atomic E-state index is 0.0978. The van der Waals surface area contributed by atoms with E-state index in [-0.39, 0.29) is 36.0 Å². The smallest absolute Gasteiger partial charge is 0.265 e. The number of aromatic nitrogens is 2. The van der Waals surface area contributed by atoms with Gasteiger partial charge in [-0.25, -0.2) is 0 Å². The average Bonchev–Trinajstić information content (AvgIpc) is 3.42. The van der Waals surface area contributed by atoms with Gasteiger partial charge in [0.05, 0.1) is 25.3 Å². The van der Waals surface area contributed by atoms with Gasteiger partial charge in [0, 0.05) is 36.7 Å². The highest BCUT2D eigenvalue weighted by atomic mass is 16.5.